The number of carbonyl (C=O) groups is 3. The summed E-state index contributed by atoms with van der Waals surface area (Å²) in [4.78, 5) is 37.7. The summed E-state index contributed by atoms with van der Waals surface area (Å²) in [6.45, 7) is 3.61. The molecule has 0 aliphatic carbocycles. The fraction of sp³-hybridized carbons (Fsp3) is 0.318. The van der Waals surface area contributed by atoms with Crippen molar-refractivity contribution < 1.29 is 19.1 Å². The highest BCUT2D eigenvalue weighted by molar-refractivity contribution is 9.10. The number of hydrogen-bond acceptors (Lipinski definition) is 4. The zero-order valence-electron chi connectivity index (χ0n) is 16.8. The highest BCUT2D eigenvalue weighted by Gasteiger charge is 2.15. The number of hydrogen-bond donors (Lipinski definition) is 1. The second-order valence-corrected chi connectivity index (χ2v) is 7.65. The first kappa shape index (κ1) is 22.6. The average molecular weight is 461 g/mol. The number of amides is 2. The van der Waals surface area contributed by atoms with E-state index in [1.54, 1.807) is 30.1 Å². The van der Waals surface area contributed by atoms with E-state index in [0.29, 0.717) is 30.0 Å². The van der Waals surface area contributed by atoms with Gasteiger partial charge >= 0.3 is 0 Å². The fourth-order valence-corrected chi connectivity index (χ4v) is 2.93. The first-order chi connectivity index (χ1) is 13.8. The molecule has 0 saturated carbocycles. The summed E-state index contributed by atoms with van der Waals surface area (Å²) in [7, 11) is 1.70. The van der Waals surface area contributed by atoms with Crippen molar-refractivity contribution in [2.45, 2.75) is 33.2 Å². The van der Waals surface area contributed by atoms with Gasteiger partial charge in [0.15, 0.2) is 12.4 Å². The maximum Gasteiger partial charge on any atom is 0.260 e. The molecule has 0 aliphatic rings. The smallest absolute Gasteiger partial charge is 0.260 e. The lowest BCUT2D eigenvalue weighted by molar-refractivity contribution is -0.132. The van der Waals surface area contributed by atoms with Crippen molar-refractivity contribution in [3.63, 3.8) is 0 Å². The molecule has 0 radical (unpaired) electrons. The molecule has 6 nitrogen and oxygen atoms in total. The van der Waals surface area contributed by atoms with Crippen molar-refractivity contribution in [2.24, 2.45) is 0 Å². The number of Topliss-reactive ketones (excluding diaryl/α,β-unsaturated/α-hetero) is 1. The minimum atomic E-state index is -0.206. The summed E-state index contributed by atoms with van der Waals surface area (Å²) in [6, 6.07) is 12.5. The van der Waals surface area contributed by atoms with Crippen molar-refractivity contribution >= 4 is 39.2 Å². The summed E-state index contributed by atoms with van der Waals surface area (Å²) in [5.41, 5.74) is 1.85. The fourth-order valence-electron chi connectivity index (χ4n) is 2.66. The minimum absolute atomic E-state index is 0.111. The van der Waals surface area contributed by atoms with Crippen LogP contribution in [0.15, 0.2) is 46.9 Å². The van der Waals surface area contributed by atoms with E-state index in [1.165, 1.54) is 6.92 Å². The van der Waals surface area contributed by atoms with Gasteiger partial charge in [0.2, 0.25) is 5.91 Å². The molecule has 7 heteroatoms. The Bertz CT molecular complexity index is 881. The van der Waals surface area contributed by atoms with Gasteiger partial charge < -0.3 is 15.0 Å². The average Bonchev–Trinajstić information content (AvgIpc) is 2.68. The molecule has 1 N–H and O–H groups in total. The molecule has 0 unspecified atom stereocenters. The first-order valence-electron chi connectivity index (χ1n) is 9.36. The molecular weight excluding hydrogens is 436 g/mol. The van der Waals surface area contributed by atoms with Crippen LogP contribution in [-0.2, 0) is 16.1 Å². The SMILES string of the molecule is CCCC(=O)Nc1ccc(OCC(=O)N(C)Cc2ccc(Br)cc2)c(C(C)=O)c1. The van der Waals surface area contributed by atoms with Crippen LogP contribution in [0.1, 0.15) is 42.6 Å². The topological polar surface area (TPSA) is 75.7 Å². The number of anilines is 1. The molecule has 0 saturated heterocycles. The Labute approximate surface area is 179 Å². The van der Waals surface area contributed by atoms with Gasteiger partial charge in [-0.3, -0.25) is 14.4 Å². The standard InChI is InChI=1S/C22H25BrN2O4/c1-4-5-21(27)24-18-10-11-20(19(12-18)15(2)26)29-14-22(28)25(3)13-16-6-8-17(23)9-7-16/h6-12H,4-5,13-14H2,1-3H3,(H,24,27). The van der Waals surface area contributed by atoms with Crippen LogP contribution in [0.25, 0.3) is 0 Å². The molecule has 2 amide bonds. The van der Waals surface area contributed by atoms with Gasteiger partial charge in [0.05, 0.1) is 5.56 Å². The molecule has 0 aliphatic heterocycles. The number of halogens is 1. The second kappa shape index (κ2) is 10.8. The maximum atomic E-state index is 12.4. The molecule has 0 aromatic heterocycles. The van der Waals surface area contributed by atoms with Crippen LogP contribution >= 0.6 is 15.9 Å². The van der Waals surface area contributed by atoms with Crippen LogP contribution in [-0.4, -0.2) is 36.2 Å². The number of ether oxygens (including phenoxy) is 1. The number of nitrogens with zero attached hydrogens (tertiary/aromatic N) is 1. The van der Waals surface area contributed by atoms with Gasteiger partial charge in [0.25, 0.3) is 5.91 Å². The predicted molar refractivity (Wildman–Crippen MR) is 116 cm³/mol. The van der Waals surface area contributed by atoms with E-state index in [0.717, 1.165) is 16.5 Å². The van der Waals surface area contributed by atoms with E-state index in [1.807, 2.05) is 31.2 Å². The second-order valence-electron chi connectivity index (χ2n) is 6.73. The first-order valence-corrected chi connectivity index (χ1v) is 10.2. The predicted octanol–water partition coefficient (Wildman–Crippen LogP) is 4.43. The van der Waals surface area contributed by atoms with Crippen molar-refractivity contribution in [1.29, 1.82) is 0 Å². The molecule has 154 valence electrons. The van der Waals surface area contributed by atoms with Crippen LogP contribution < -0.4 is 10.1 Å². The van der Waals surface area contributed by atoms with Crippen molar-refractivity contribution in [3.8, 4) is 5.75 Å². The number of nitrogens with one attached hydrogen (secondary N) is 1. The summed E-state index contributed by atoms with van der Waals surface area (Å²) in [6.07, 6.45) is 1.15. The summed E-state index contributed by atoms with van der Waals surface area (Å²) < 4.78 is 6.59. The molecular formula is C22H25BrN2O4. The monoisotopic (exact) mass is 460 g/mol. The third-order valence-corrected chi connectivity index (χ3v) is 4.76. The Balaban J connectivity index is 2.00. The van der Waals surface area contributed by atoms with Crippen LogP contribution in [0, 0.1) is 0 Å². The van der Waals surface area contributed by atoms with Crippen LogP contribution in [0.4, 0.5) is 5.69 Å². The zero-order chi connectivity index (χ0) is 21.4. The lowest BCUT2D eigenvalue weighted by atomic mass is 10.1. The van der Waals surface area contributed by atoms with Gasteiger partial charge in [-0.15, -0.1) is 0 Å². The number of rotatable bonds is 9. The third-order valence-electron chi connectivity index (χ3n) is 4.23. The van der Waals surface area contributed by atoms with E-state index >= 15 is 0 Å². The maximum absolute atomic E-state index is 12.4. The Morgan fingerprint density at radius 2 is 1.79 bits per heavy atom. The Kier molecular flexibility index (Phi) is 8.39. The highest BCUT2D eigenvalue weighted by atomic mass is 79.9. The van der Waals surface area contributed by atoms with Gasteiger partial charge in [-0.2, -0.15) is 0 Å². The lowest BCUT2D eigenvalue weighted by Crippen LogP contribution is -2.31. The Morgan fingerprint density at radius 1 is 1.10 bits per heavy atom. The van der Waals surface area contributed by atoms with Crippen molar-refractivity contribution in [3.05, 3.63) is 58.1 Å². The van der Waals surface area contributed by atoms with Crippen LogP contribution in [0.3, 0.4) is 0 Å². The molecule has 2 rings (SSSR count). The molecule has 0 bridgehead atoms. The quantitative estimate of drug-likeness (QED) is 0.561. The molecule has 2 aromatic carbocycles. The number of carbonyl (C=O) groups excluding carboxylic acids is 3. The van der Waals surface area contributed by atoms with E-state index < -0.39 is 0 Å². The van der Waals surface area contributed by atoms with Crippen LogP contribution in [0.2, 0.25) is 0 Å². The van der Waals surface area contributed by atoms with E-state index in [9.17, 15) is 14.4 Å². The normalized spacial score (nSPS) is 10.3. The summed E-state index contributed by atoms with van der Waals surface area (Å²) in [5, 5.41) is 2.75. The van der Waals surface area contributed by atoms with Gasteiger partial charge in [0, 0.05) is 30.2 Å². The van der Waals surface area contributed by atoms with Gasteiger partial charge in [-0.1, -0.05) is 35.0 Å². The minimum Gasteiger partial charge on any atom is -0.483 e. The van der Waals surface area contributed by atoms with E-state index in [-0.39, 0.29) is 24.2 Å². The molecule has 0 heterocycles. The Morgan fingerprint density at radius 3 is 2.41 bits per heavy atom. The number of likely N-dealkylation sites (N-methyl/N-ethyl adjacent to an activating group) is 1. The molecule has 0 spiro atoms. The lowest BCUT2D eigenvalue weighted by Gasteiger charge is -2.18. The van der Waals surface area contributed by atoms with E-state index in [4.69, 9.17) is 4.74 Å². The summed E-state index contributed by atoms with van der Waals surface area (Å²) >= 11 is 3.38. The number of ketones is 1. The number of benzene rings is 2. The van der Waals surface area contributed by atoms with Crippen molar-refractivity contribution in [1.82, 2.24) is 4.90 Å². The van der Waals surface area contributed by atoms with Crippen molar-refractivity contribution in [2.75, 3.05) is 19.0 Å². The van der Waals surface area contributed by atoms with Gasteiger partial charge in [-0.05, 0) is 49.2 Å². The molecule has 0 atom stereocenters. The zero-order valence-corrected chi connectivity index (χ0v) is 18.4. The molecule has 29 heavy (non-hydrogen) atoms. The Hall–Kier alpha value is -2.67. The van der Waals surface area contributed by atoms with Crippen LogP contribution in [0.5, 0.6) is 5.75 Å². The summed E-state index contributed by atoms with van der Waals surface area (Å²) in [5.74, 6) is -0.207. The molecule has 2 aromatic rings. The largest absolute Gasteiger partial charge is 0.483 e. The van der Waals surface area contributed by atoms with Gasteiger partial charge in [0.1, 0.15) is 5.75 Å². The highest BCUT2D eigenvalue weighted by Crippen LogP contribution is 2.24. The van der Waals surface area contributed by atoms with Gasteiger partial charge in [-0.25, -0.2) is 0 Å². The molecule has 0 fully saturated rings. The van der Waals surface area contributed by atoms with E-state index in [2.05, 4.69) is 21.2 Å². The third kappa shape index (κ3) is 7.02.